The third-order valence-corrected chi connectivity index (χ3v) is 3.17. The van der Waals surface area contributed by atoms with E-state index in [1.165, 1.54) is 6.07 Å². The fourth-order valence-corrected chi connectivity index (χ4v) is 2.01. The fourth-order valence-electron chi connectivity index (χ4n) is 1.50. The second-order valence-electron chi connectivity index (χ2n) is 3.77. The topological polar surface area (TPSA) is 22.1 Å². The molecular formula is C13H10BrClFNO. The van der Waals surface area contributed by atoms with Gasteiger partial charge in [0.15, 0.2) is 0 Å². The van der Waals surface area contributed by atoms with E-state index in [1.807, 2.05) is 13.0 Å². The van der Waals surface area contributed by atoms with Crippen molar-refractivity contribution in [3.63, 3.8) is 0 Å². The van der Waals surface area contributed by atoms with E-state index in [0.29, 0.717) is 22.0 Å². The van der Waals surface area contributed by atoms with Crippen LogP contribution in [0.2, 0.25) is 0 Å². The zero-order valence-corrected chi connectivity index (χ0v) is 11.9. The number of alkyl halides is 1. The molecule has 0 fully saturated rings. The van der Waals surface area contributed by atoms with Gasteiger partial charge in [0.05, 0.1) is 4.47 Å². The standard InChI is InChI=1S/C13H10BrClFNO/c1-8-4-9(7-15)5-13(17-8)18-10-2-3-12(16)11(14)6-10/h2-6H,7H2,1H3. The molecule has 5 heteroatoms. The first-order chi connectivity index (χ1) is 8.58. The van der Waals surface area contributed by atoms with Crippen molar-refractivity contribution >= 4 is 27.5 Å². The van der Waals surface area contributed by atoms with Gasteiger partial charge in [0.1, 0.15) is 11.6 Å². The van der Waals surface area contributed by atoms with Crippen LogP contribution in [0.15, 0.2) is 34.8 Å². The normalized spacial score (nSPS) is 10.4. The van der Waals surface area contributed by atoms with Crippen molar-refractivity contribution in [2.75, 3.05) is 0 Å². The predicted molar refractivity (Wildman–Crippen MR) is 72.7 cm³/mol. The smallest absolute Gasteiger partial charge is 0.219 e. The molecular weight excluding hydrogens is 321 g/mol. The van der Waals surface area contributed by atoms with E-state index < -0.39 is 0 Å². The molecule has 0 N–H and O–H groups in total. The summed E-state index contributed by atoms with van der Waals surface area (Å²) in [7, 11) is 0. The molecule has 94 valence electrons. The summed E-state index contributed by atoms with van der Waals surface area (Å²) in [5, 5.41) is 0. The van der Waals surface area contributed by atoms with Crippen molar-refractivity contribution < 1.29 is 9.13 Å². The van der Waals surface area contributed by atoms with Crippen LogP contribution in [0.25, 0.3) is 0 Å². The van der Waals surface area contributed by atoms with Crippen molar-refractivity contribution in [2.45, 2.75) is 12.8 Å². The maximum atomic E-state index is 13.1. The summed E-state index contributed by atoms with van der Waals surface area (Å²) in [6.07, 6.45) is 0. The number of halogens is 3. The van der Waals surface area contributed by atoms with Crippen molar-refractivity contribution in [2.24, 2.45) is 0 Å². The SMILES string of the molecule is Cc1cc(CCl)cc(Oc2ccc(F)c(Br)c2)n1. The zero-order valence-electron chi connectivity index (χ0n) is 9.58. The zero-order chi connectivity index (χ0) is 13.1. The van der Waals surface area contributed by atoms with Crippen LogP contribution in [0.1, 0.15) is 11.3 Å². The molecule has 0 unspecified atom stereocenters. The minimum Gasteiger partial charge on any atom is -0.439 e. The molecule has 0 aliphatic rings. The summed E-state index contributed by atoms with van der Waals surface area (Å²) in [6.45, 7) is 1.86. The van der Waals surface area contributed by atoms with E-state index in [0.717, 1.165) is 11.3 Å². The third-order valence-electron chi connectivity index (χ3n) is 2.26. The highest BCUT2D eigenvalue weighted by atomic mass is 79.9. The molecule has 1 aromatic carbocycles. The molecule has 0 saturated carbocycles. The Balaban J connectivity index is 2.27. The molecule has 0 saturated heterocycles. The number of hydrogen-bond acceptors (Lipinski definition) is 2. The maximum absolute atomic E-state index is 13.1. The number of benzene rings is 1. The molecule has 2 aromatic rings. The second-order valence-corrected chi connectivity index (χ2v) is 4.89. The van der Waals surface area contributed by atoms with Crippen molar-refractivity contribution in [3.05, 3.63) is 51.9 Å². The van der Waals surface area contributed by atoms with Gasteiger partial charge in [-0.25, -0.2) is 9.37 Å². The molecule has 2 rings (SSSR count). The second kappa shape index (κ2) is 5.67. The van der Waals surface area contributed by atoms with Crippen LogP contribution in [0.4, 0.5) is 4.39 Å². The number of aromatic nitrogens is 1. The largest absolute Gasteiger partial charge is 0.439 e. The van der Waals surface area contributed by atoms with Crippen LogP contribution in [-0.4, -0.2) is 4.98 Å². The Morgan fingerprint density at radius 2 is 2.11 bits per heavy atom. The molecule has 0 aliphatic carbocycles. The Hall–Kier alpha value is -1.13. The molecule has 1 aromatic heterocycles. The summed E-state index contributed by atoms with van der Waals surface area (Å²) in [4.78, 5) is 4.24. The maximum Gasteiger partial charge on any atom is 0.219 e. The van der Waals surface area contributed by atoms with Crippen LogP contribution in [0.3, 0.4) is 0 Å². The average molecular weight is 331 g/mol. The first kappa shape index (κ1) is 13.3. The van der Waals surface area contributed by atoms with Crippen molar-refractivity contribution in [1.29, 1.82) is 0 Å². The molecule has 0 atom stereocenters. The Morgan fingerprint density at radius 3 is 2.78 bits per heavy atom. The van der Waals surface area contributed by atoms with Crippen LogP contribution in [-0.2, 0) is 5.88 Å². The molecule has 1 heterocycles. The van der Waals surface area contributed by atoms with E-state index in [9.17, 15) is 4.39 Å². The third kappa shape index (κ3) is 3.21. The van der Waals surface area contributed by atoms with Gasteiger partial charge in [0.25, 0.3) is 0 Å². The quantitative estimate of drug-likeness (QED) is 0.753. The van der Waals surface area contributed by atoms with Gasteiger partial charge in [-0.05, 0) is 52.7 Å². The van der Waals surface area contributed by atoms with Gasteiger partial charge < -0.3 is 4.74 Å². The Kier molecular flexibility index (Phi) is 4.19. The Morgan fingerprint density at radius 1 is 1.33 bits per heavy atom. The van der Waals surface area contributed by atoms with Crippen LogP contribution in [0, 0.1) is 12.7 Å². The lowest BCUT2D eigenvalue weighted by Crippen LogP contribution is -1.93. The van der Waals surface area contributed by atoms with E-state index in [-0.39, 0.29) is 5.82 Å². The molecule has 0 bridgehead atoms. The highest BCUT2D eigenvalue weighted by molar-refractivity contribution is 9.10. The number of nitrogens with zero attached hydrogens (tertiary/aromatic N) is 1. The van der Waals surface area contributed by atoms with Gasteiger partial charge in [-0.3, -0.25) is 0 Å². The lowest BCUT2D eigenvalue weighted by atomic mass is 10.2. The lowest BCUT2D eigenvalue weighted by molar-refractivity contribution is 0.459. The average Bonchev–Trinajstić information content (AvgIpc) is 2.33. The van der Waals surface area contributed by atoms with Crippen LogP contribution in [0.5, 0.6) is 11.6 Å². The summed E-state index contributed by atoms with van der Waals surface area (Å²) in [5.41, 5.74) is 1.75. The van der Waals surface area contributed by atoms with E-state index >= 15 is 0 Å². The summed E-state index contributed by atoms with van der Waals surface area (Å²) in [6, 6.07) is 8.08. The van der Waals surface area contributed by atoms with Crippen molar-refractivity contribution in [3.8, 4) is 11.6 Å². The van der Waals surface area contributed by atoms with Crippen molar-refractivity contribution in [1.82, 2.24) is 4.98 Å². The first-order valence-corrected chi connectivity index (χ1v) is 6.57. The summed E-state index contributed by atoms with van der Waals surface area (Å²) < 4.78 is 19.0. The highest BCUT2D eigenvalue weighted by Gasteiger charge is 2.05. The lowest BCUT2D eigenvalue weighted by Gasteiger charge is -2.07. The summed E-state index contributed by atoms with van der Waals surface area (Å²) >= 11 is 8.88. The molecule has 0 radical (unpaired) electrons. The predicted octanol–water partition coefficient (Wildman–Crippen LogP) is 4.82. The molecule has 2 nitrogen and oxygen atoms in total. The minimum absolute atomic E-state index is 0.332. The van der Waals surface area contributed by atoms with Gasteiger partial charge in [-0.2, -0.15) is 0 Å². The molecule has 0 aliphatic heterocycles. The van der Waals surface area contributed by atoms with E-state index in [2.05, 4.69) is 20.9 Å². The molecule has 0 amide bonds. The van der Waals surface area contributed by atoms with Gasteiger partial charge in [-0.15, -0.1) is 11.6 Å². The molecule has 0 spiro atoms. The Bertz CT molecular complexity index is 577. The number of pyridine rings is 1. The van der Waals surface area contributed by atoms with E-state index in [4.69, 9.17) is 16.3 Å². The van der Waals surface area contributed by atoms with Crippen LogP contribution < -0.4 is 4.74 Å². The van der Waals surface area contributed by atoms with Gasteiger partial charge in [-0.1, -0.05) is 0 Å². The Labute approximate surface area is 118 Å². The van der Waals surface area contributed by atoms with Gasteiger partial charge in [0.2, 0.25) is 5.88 Å². The molecule has 18 heavy (non-hydrogen) atoms. The summed E-state index contributed by atoms with van der Waals surface area (Å²) in [5.74, 6) is 1.03. The number of rotatable bonds is 3. The fraction of sp³-hybridized carbons (Fsp3) is 0.154. The van der Waals surface area contributed by atoms with Gasteiger partial charge >= 0.3 is 0 Å². The number of aryl methyl sites for hydroxylation is 1. The van der Waals surface area contributed by atoms with E-state index in [1.54, 1.807) is 18.2 Å². The minimum atomic E-state index is -0.332. The van der Waals surface area contributed by atoms with Crippen LogP contribution >= 0.6 is 27.5 Å². The number of hydrogen-bond donors (Lipinski definition) is 0. The number of ether oxygens (including phenoxy) is 1. The monoisotopic (exact) mass is 329 g/mol. The van der Waals surface area contributed by atoms with Gasteiger partial charge in [0, 0.05) is 17.6 Å². The first-order valence-electron chi connectivity index (χ1n) is 5.25. The highest BCUT2D eigenvalue weighted by Crippen LogP contribution is 2.26.